The first-order chi connectivity index (χ1) is 7.75. The number of aryl methyl sites for hydroxylation is 2. The van der Waals surface area contributed by atoms with Crippen LogP contribution in [0.2, 0.25) is 0 Å². The van der Waals surface area contributed by atoms with Crippen molar-refractivity contribution in [1.82, 2.24) is 0 Å². The van der Waals surface area contributed by atoms with E-state index in [1.807, 2.05) is 32.0 Å². The predicted molar refractivity (Wildman–Crippen MR) is 67.4 cm³/mol. The second-order valence-electron chi connectivity index (χ2n) is 5.06. The van der Waals surface area contributed by atoms with Crippen LogP contribution in [0.4, 0.5) is 0 Å². The Kier molecular flexibility index (Phi) is 3.81. The Morgan fingerprint density at radius 2 is 1.94 bits per heavy atom. The predicted octanol–water partition coefficient (Wildman–Crippen LogP) is 3.18. The number of carboxylic acids is 1. The van der Waals surface area contributed by atoms with Crippen LogP contribution in [0, 0.1) is 19.3 Å². The molecule has 0 saturated carbocycles. The Morgan fingerprint density at radius 3 is 2.47 bits per heavy atom. The van der Waals surface area contributed by atoms with Crippen LogP contribution in [-0.4, -0.2) is 17.2 Å². The van der Waals surface area contributed by atoms with Gasteiger partial charge in [0.05, 0.1) is 5.41 Å². The van der Waals surface area contributed by atoms with E-state index in [0.717, 1.165) is 16.9 Å². The molecule has 0 amide bonds. The zero-order valence-corrected chi connectivity index (χ0v) is 11.1. The summed E-state index contributed by atoms with van der Waals surface area (Å²) in [5.74, 6) is -0.0952. The lowest BCUT2D eigenvalue weighted by Crippen LogP contribution is -2.39. The lowest BCUT2D eigenvalue weighted by Gasteiger charge is -2.28. The van der Waals surface area contributed by atoms with Crippen LogP contribution in [-0.2, 0) is 4.79 Å². The monoisotopic (exact) mass is 236 g/mol. The summed E-state index contributed by atoms with van der Waals surface area (Å²) in [6.45, 7) is 9.07. The van der Waals surface area contributed by atoms with Crippen molar-refractivity contribution < 1.29 is 14.6 Å². The standard InChI is InChI=1S/C14H20O3/c1-9-6-7-10(2)12(8-9)17-11(3)14(4,5)13(15)16/h6-8,11H,1-5H3,(H,15,16). The average Bonchev–Trinajstić information content (AvgIpc) is 2.23. The Bertz CT molecular complexity index is 421. The number of hydrogen-bond donors (Lipinski definition) is 1. The fourth-order valence-electron chi connectivity index (χ4n) is 1.35. The molecule has 17 heavy (non-hydrogen) atoms. The first-order valence-corrected chi connectivity index (χ1v) is 5.72. The van der Waals surface area contributed by atoms with E-state index in [1.54, 1.807) is 20.8 Å². The smallest absolute Gasteiger partial charge is 0.312 e. The number of benzene rings is 1. The third kappa shape index (κ3) is 2.99. The minimum Gasteiger partial charge on any atom is -0.489 e. The molecule has 1 rings (SSSR count). The van der Waals surface area contributed by atoms with Crippen molar-refractivity contribution in [2.45, 2.75) is 40.7 Å². The van der Waals surface area contributed by atoms with E-state index in [0.29, 0.717) is 0 Å². The van der Waals surface area contributed by atoms with Gasteiger partial charge in [-0.2, -0.15) is 0 Å². The van der Waals surface area contributed by atoms with Crippen LogP contribution in [0.1, 0.15) is 31.9 Å². The van der Waals surface area contributed by atoms with Crippen LogP contribution < -0.4 is 4.74 Å². The molecule has 0 saturated heterocycles. The minimum absolute atomic E-state index is 0.388. The summed E-state index contributed by atoms with van der Waals surface area (Å²) in [5.41, 5.74) is 1.21. The summed E-state index contributed by atoms with van der Waals surface area (Å²) < 4.78 is 5.77. The molecule has 0 spiro atoms. The second-order valence-corrected chi connectivity index (χ2v) is 5.06. The van der Waals surface area contributed by atoms with E-state index < -0.39 is 11.4 Å². The van der Waals surface area contributed by atoms with Gasteiger partial charge in [0.25, 0.3) is 0 Å². The van der Waals surface area contributed by atoms with Gasteiger partial charge in [-0.3, -0.25) is 4.79 Å². The van der Waals surface area contributed by atoms with Gasteiger partial charge in [0.15, 0.2) is 0 Å². The van der Waals surface area contributed by atoms with Crippen LogP contribution in [0.5, 0.6) is 5.75 Å². The van der Waals surface area contributed by atoms with E-state index in [-0.39, 0.29) is 6.10 Å². The maximum atomic E-state index is 11.1. The third-order valence-corrected chi connectivity index (χ3v) is 3.21. The molecule has 1 aromatic carbocycles. The highest BCUT2D eigenvalue weighted by atomic mass is 16.5. The van der Waals surface area contributed by atoms with Crippen LogP contribution >= 0.6 is 0 Å². The molecule has 0 aliphatic rings. The molecule has 94 valence electrons. The van der Waals surface area contributed by atoms with Crippen molar-refractivity contribution >= 4 is 5.97 Å². The first-order valence-electron chi connectivity index (χ1n) is 5.72. The van der Waals surface area contributed by atoms with Crippen LogP contribution in [0.25, 0.3) is 0 Å². The van der Waals surface area contributed by atoms with Crippen molar-refractivity contribution in [3.8, 4) is 5.75 Å². The minimum atomic E-state index is -0.907. The molecular weight excluding hydrogens is 216 g/mol. The fraction of sp³-hybridized carbons (Fsp3) is 0.500. The number of ether oxygens (including phenoxy) is 1. The van der Waals surface area contributed by atoms with Gasteiger partial charge in [-0.05, 0) is 51.8 Å². The van der Waals surface area contributed by atoms with Crippen molar-refractivity contribution in [2.24, 2.45) is 5.41 Å². The van der Waals surface area contributed by atoms with Crippen molar-refractivity contribution in [1.29, 1.82) is 0 Å². The molecule has 0 aromatic heterocycles. The second kappa shape index (κ2) is 4.78. The lowest BCUT2D eigenvalue weighted by atomic mass is 9.87. The molecule has 1 atom stereocenters. The van der Waals surface area contributed by atoms with Gasteiger partial charge in [0.2, 0.25) is 0 Å². The van der Waals surface area contributed by atoms with Gasteiger partial charge in [0.1, 0.15) is 11.9 Å². The summed E-state index contributed by atoms with van der Waals surface area (Å²) >= 11 is 0. The molecule has 0 aliphatic carbocycles. The molecule has 3 nitrogen and oxygen atoms in total. The zero-order chi connectivity index (χ0) is 13.2. The summed E-state index contributed by atoms with van der Waals surface area (Å²) in [7, 11) is 0. The molecular formula is C14H20O3. The number of aliphatic carboxylic acids is 1. The van der Waals surface area contributed by atoms with E-state index >= 15 is 0 Å². The normalized spacial score (nSPS) is 13.2. The van der Waals surface area contributed by atoms with Crippen molar-refractivity contribution in [2.75, 3.05) is 0 Å². The molecule has 1 N–H and O–H groups in total. The summed E-state index contributed by atoms with van der Waals surface area (Å²) in [6, 6.07) is 5.92. The van der Waals surface area contributed by atoms with E-state index in [1.165, 1.54) is 0 Å². The van der Waals surface area contributed by atoms with Gasteiger partial charge in [-0.1, -0.05) is 12.1 Å². The van der Waals surface area contributed by atoms with Gasteiger partial charge >= 0.3 is 5.97 Å². The highest BCUT2D eigenvalue weighted by Crippen LogP contribution is 2.28. The molecule has 0 bridgehead atoms. The van der Waals surface area contributed by atoms with Gasteiger partial charge < -0.3 is 9.84 Å². The lowest BCUT2D eigenvalue weighted by molar-refractivity contribution is -0.151. The Balaban J connectivity index is 2.91. The van der Waals surface area contributed by atoms with Gasteiger partial charge in [-0.25, -0.2) is 0 Å². The van der Waals surface area contributed by atoms with Gasteiger partial charge in [0, 0.05) is 0 Å². The quantitative estimate of drug-likeness (QED) is 0.873. The largest absolute Gasteiger partial charge is 0.489 e. The Morgan fingerprint density at radius 1 is 1.35 bits per heavy atom. The molecule has 0 heterocycles. The molecule has 0 fully saturated rings. The zero-order valence-electron chi connectivity index (χ0n) is 11.1. The molecule has 1 aromatic rings. The number of hydrogen-bond acceptors (Lipinski definition) is 2. The Hall–Kier alpha value is -1.51. The molecule has 1 unspecified atom stereocenters. The Labute approximate surface area is 102 Å². The number of rotatable bonds is 4. The number of carbonyl (C=O) groups is 1. The first kappa shape index (κ1) is 13.6. The highest BCUT2D eigenvalue weighted by Gasteiger charge is 2.35. The van der Waals surface area contributed by atoms with E-state index in [4.69, 9.17) is 9.84 Å². The van der Waals surface area contributed by atoms with Crippen molar-refractivity contribution in [3.63, 3.8) is 0 Å². The van der Waals surface area contributed by atoms with E-state index in [2.05, 4.69) is 0 Å². The maximum Gasteiger partial charge on any atom is 0.312 e. The maximum absolute atomic E-state index is 11.1. The van der Waals surface area contributed by atoms with Gasteiger partial charge in [-0.15, -0.1) is 0 Å². The fourth-order valence-corrected chi connectivity index (χ4v) is 1.35. The summed E-state index contributed by atoms with van der Waals surface area (Å²) in [5, 5.41) is 9.13. The van der Waals surface area contributed by atoms with E-state index in [9.17, 15) is 4.79 Å². The van der Waals surface area contributed by atoms with Crippen molar-refractivity contribution in [3.05, 3.63) is 29.3 Å². The molecule has 3 heteroatoms. The molecule has 0 aliphatic heterocycles. The SMILES string of the molecule is Cc1ccc(C)c(OC(C)C(C)(C)C(=O)O)c1. The highest BCUT2D eigenvalue weighted by molar-refractivity contribution is 5.74. The topological polar surface area (TPSA) is 46.5 Å². The molecule has 0 radical (unpaired) electrons. The number of carboxylic acid groups (broad SMARTS) is 1. The van der Waals surface area contributed by atoms with Crippen LogP contribution in [0.3, 0.4) is 0 Å². The van der Waals surface area contributed by atoms with Crippen LogP contribution in [0.15, 0.2) is 18.2 Å². The third-order valence-electron chi connectivity index (χ3n) is 3.21. The summed E-state index contributed by atoms with van der Waals surface area (Å²) in [4.78, 5) is 11.1. The summed E-state index contributed by atoms with van der Waals surface area (Å²) in [6.07, 6.45) is -0.388. The average molecular weight is 236 g/mol.